The van der Waals surface area contributed by atoms with Crippen molar-refractivity contribution in [1.82, 2.24) is 9.73 Å². The van der Waals surface area contributed by atoms with E-state index >= 15 is 0 Å². The van der Waals surface area contributed by atoms with Crippen molar-refractivity contribution >= 4 is 22.1 Å². The molecule has 0 unspecified atom stereocenters. The van der Waals surface area contributed by atoms with Gasteiger partial charge in [0.25, 0.3) is 5.91 Å². The minimum atomic E-state index is -3.96. The Morgan fingerprint density at radius 3 is 2.67 bits per heavy atom. The van der Waals surface area contributed by atoms with Crippen molar-refractivity contribution < 1.29 is 27.8 Å². The molecule has 0 aliphatic rings. The van der Waals surface area contributed by atoms with Gasteiger partial charge in [-0.1, -0.05) is 12.1 Å². The number of amides is 1. The van der Waals surface area contributed by atoms with E-state index in [9.17, 15) is 18.3 Å². The van der Waals surface area contributed by atoms with E-state index in [0.29, 0.717) is 17.9 Å². The minimum absolute atomic E-state index is 0.0264. The van der Waals surface area contributed by atoms with Crippen LogP contribution in [-0.4, -0.2) is 57.3 Å². The van der Waals surface area contributed by atoms with Crippen LogP contribution in [0.5, 0.6) is 17.2 Å². The van der Waals surface area contributed by atoms with E-state index in [0.717, 1.165) is 9.87 Å². The molecule has 2 aromatic carbocycles. The lowest BCUT2D eigenvalue weighted by Crippen LogP contribution is -2.36. The Bertz CT molecular complexity index is 1040. The van der Waals surface area contributed by atoms with Crippen LogP contribution in [0.3, 0.4) is 0 Å². The number of benzene rings is 2. The third-order valence-corrected chi connectivity index (χ3v) is 5.92. The Morgan fingerprint density at radius 2 is 2.00 bits per heavy atom. The summed E-state index contributed by atoms with van der Waals surface area (Å²) < 4.78 is 37.0. The van der Waals surface area contributed by atoms with Crippen molar-refractivity contribution in [3.8, 4) is 17.2 Å². The van der Waals surface area contributed by atoms with Crippen molar-refractivity contribution in [3.05, 3.63) is 47.5 Å². The molecule has 2 aromatic rings. The molecule has 0 saturated heterocycles. The van der Waals surface area contributed by atoms with Gasteiger partial charge < -0.3 is 14.6 Å². The molecule has 0 spiro atoms. The number of para-hydroxylation sites is 1. The predicted molar refractivity (Wildman–Crippen MR) is 113 cm³/mol. The molecule has 0 heterocycles. The number of carbonyl (C=O) groups excluding carboxylic acids is 1. The zero-order chi connectivity index (χ0) is 22.3. The fourth-order valence-electron chi connectivity index (χ4n) is 2.57. The maximum absolute atomic E-state index is 12.8. The SMILES string of the molecule is CCOc1cccc(C=NNC(=O)CN(C)S(=O)(=O)c2cc(C)ccc2OC)c1O. The minimum Gasteiger partial charge on any atom is -0.504 e. The number of carbonyl (C=O) groups is 1. The lowest BCUT2D eigenvalue weighted by atomic mass is 10.2. The molecule has 1 amide bonds. The van der Waals surface area contributed by atoms with E-state index in [1.54, 1.807) is 44.2 Å². The predicted octanol–water partition coefficient (Wildman–Crippen LogP) is 1.88. The zero-order valence-corrected chi connectivity index (χ0v) is 18.1. The fraction of sp³-hybridized carbons (Fsp3) is 0.300. The van der Waals surface area contributed by atoms with Crippen molar-refractivity contribution in [1.29, 1.82) is 0 Å². The maximum atomic E-state index is 12.8. The number of ether oxygens (including phenoxy) is 2. The highest BCUT2D eigenvalue weighted by atomic mass is 32.2. The Balaban J connectivity index is 2.07. The maximum Gasteiger partial charge on any atom is 0.255 e. The number of likely N-dealkylation sites (N-methyl/N-ethyl adjacent to an activating group) is 1. The summed E-state index contributed by atoms with van der Waals surface area (Å²) in [6.07, 6.45) is 1.24. The number of hydrazone groups is 1. The van der Waals surface area contributed by atoms with Gasteiger partial charge in [-0.15, -0.1) is 0 Å². The smallest absolute Gasteiger partial charge is 0.255 e. The van der Waals surface area contributed by atoms with E-state index < -0.39 is 22.5 Å². The lowest BCUT2D eigenvalue weighted by molar-refractivity contribution is -0.121. The molecule has 0 saturated carbocycles. The van der Waals surface area contributed by atoms with Crippen LogP contribution < -0.4 is 14.9 Å². The number of methoxy groups -OCH3 is 1. The van der Waals surface area contributed by atoms with E-state index in [-0.39, 0.29) is 16.4 Å². The van der Waals surface area contributed by atoms with Crippen LogP contribution in [0.2, 0.25) is 0 Å². The van der Waals surface area contributed by atoms with Crippen molar-refractivity contribution in [3.63, 3.8) is 0 Å². The lowest BCUT2D eigenvalue weighted by Gasteiger charge is -2.18. The third-order valence-electron chi connectivity index (χ3n) is 4.10. The molecule has 0 atom stereocenters. The number of nitrogens with one attached hydrogen (secondary N) is 1. The van der Waals surface area contributed by atoms with Crippen LogP contribution in [0.25, 0.3) is 0 Å². The van der Waals surface area contributed by atoms with Crippen LogP contribution >= 0.6 is 0 Å². The third kappa shape index (κ3) is 5.49. The van der Waals surface area contributed by atoms with E-state index in [1.165, 1.54) is 26.4 Å². The largest absolute Gasteiger partial charge is 0.504 e. The Kier molecular flexibility index (Phi) is 7.79. The molecule has 0 fully saturated rings. The molecular formula is C20H25N3O6S. The van der Waals surface area contributed by atoms with Gasteiger partial charge in [-0.3, -0.25) is 4.79 Å². The molecule has 0 aliphatic carbocycles. The Morgan fingerprint density at radius 1 is 1.27 bits per heavy atom. The quantitative estimate of drug-likeness (QED) is 0.459. The van der Waals surface area contributed by atoms with E-state index in [2.05, 4.69) is 10.5 Å². The molecular weight excluding hydrogens is 410 g/mol. The first-order valence-electron chi connectivity index (χ1n) is 9.08. The van der Waals surface area contributed by atoms with Crippen LogP contribution in [0.1, 0.15) is 18.1 Å². The van der Waals surface area contributed by atoms with Crippen LogP contribution in [0.4, 0.5) is 0 Å². The van der Waals surface area contributed by atoms with Gasteiger partial charge in [0.05, 0.1) is 26.5 Å². The molecule has 0 aromatic heterocycles. The molecule has 30 heavy (non-hydrogen) atoms. The standard InChI is InChI=1S/C20H25N3O6S/c1-5-29-17-8-6-7-15(20(17)25)12-21-22-19(24)13-23(3)30(26,27)18-11-14(2)9-10-16(18)28-4/h6-12,25H,5,13H2,1-4H3,(H,22,24). The Labute approximate surface area is 176 Å². The van der Waals surface area contributed by atoms with Gasteiger partial charge in [0.2, 0.25) is 10.0 Å². The second-order valence-corrected chi connectivity index (χ2v) is 8.35. The van der Waals surface area contributed by atoms with E-state index in [4.69, 9.17) is 9.47 Å². The van der Waals surface area contributed by atoms with Gasteiger partial charge in [0.15, 0.2) is 11.5 Å². The van der Waals surface area contributed by atoms with Gasteiger partial charge in [0, 0.05) is 12.6 Å². The highest BCUT2D eigenvalue weighted by Crippen LogP contribution is 2.29. The summed E-state index contributed by atoms with van der Waals surface area (Å²) in [7, 11) is -1.29. The molecule has 0 bridgehead atoms. The second kappa shape index (κ2) is 10.1. The number of nitrogens with zero attached hydrogens (tertiary/aromatic N) is 2. The first-order valence-corrected chi connectivity index (χ1v) is 10.5. The number of aromatic hydroxyl groups is 1. The number of hydrogen-bond acceptors (Lipinski definition) is 7. The zero-order valence-electron chi connectivity index (χ0n) is 17.2. The normalized spacial score (nSPS) is 11.6. The molecule has 2 rings (SSSR count). The van der Waals surface area contributed by atoms with E-state index in [1.807, 2.05) is 0 Å². The summed E-state index contributed by atoms with van der Waals surface area (Å²) in [5.41, 5.74) is 3.33. The van der Waals surface area contributed by atoms with Gasteiger partial charge in [-0.05, 0) is 43.7 Å². The number of sulfonamides is 1. The van der Waals surface area contributed by atoms with Gasteiger partial charge >= 0.3 is 0 Å². The number of rotatable bonds is 9. The fourth-order valence-corrected chi connectivity index (χ4v) is 3.93. The van der Waals surface area contributed by atoms with Crippen molar-refractivity contribution in [2.24, 2.45) is 5.10 Å². The first kappa shape index (κ1) is 23.2. The van der Waals surface area contributed by atoms with Gasteiger partial charge in [0.1, 0.15) is 10.6 Å². The molecule has 2 N–H and O–H groups in total. The highest BCUT2D eigenvalue weighted by Gasteiger charge is 2.26. The average molecular weight is 436 g/mol. The van der Waals surface area contributed by atoms with Crippen LogP contribution in [-0.2, 0) is 14.8 Å². The number of phenolic OH excluding ortho intramolecular Hbond substituents is 1. The summed E-state index contributed by atoms with van der Waals surface area (Å²) in [6.45, 7) is 3.48. The average Bonchev–Trinajstić information content (AvgIpc) is 2.70. The summed E-state index contributed by atoms with van der Waals surface area (Å²) in [6, 6.07) is 9.64. The second-order valence-electron chi connectivity index (χ2n) is 6.34. The van der Waals surface area contributed by atoms with Crippen molar-refractivity contribution in [2.45, 2.75) is 18.7 Å². The summed E-state index contributed by atoms with van der Waals surface area (Å²) in [5.74, 6) is -0.269. The number of phenols is 1. The van der Waals surface area contributed by atoms with Crippen LogP contribution in [0, 0.1) is 6.92 Å². The highest BCUT2D eigenvalue weighted by molar-refractivity contribution is 7.89. The molecule has 9 nitrogen and oxygen atoms in total. The summed E-state index contributed by atoms with van der Waals surface area (Å²) in [4.78, 5) is 12.1. The van der Waals surface area contributed by atoms with Crippen LogP contribution in [0.15, 0.2) is 46.4 Å². The van der Waals surface area contributed by atoms with Gasteiger partial charge in [-0.25, -0.2) is 13.8 Å². The molecule has 0 aliphatic heterocycles. The molecule has 10 heteroatoms. The summed E-state index contributed by atoms with van der Waals surface area (Å²) in [5, 5.41) is 13.9. The Hall–Kier alpha value is -3.11. The number of aryl methyl sites for hydroxylation is 1. The monoisotopic (exact) mass is 435 g/mol. The molecule has 162 valence electrons. The summed E-state index contributed by atoms with van der Waals surface area (Å²) >= 11 is 0. The number of hydrogen-bond donors (Lipinski definition) is 2. The van der Waals surface area contributed by atoms with Gasteiger partial charge in [-0.2, -0.15) is 9.41 Å². The topological polar surface area (TPSA) is 118 Å². The first-order chi connectivity index (χ1) is 14.2. The van der Waals surface area contributed by atoms with Crippen molar-refractivity contribution in [2.75, 3.05) is 27.3 Å². The molecule has 0 radical (unpaired) electrons.